The average molecular weight is 384 g/mol. The number of aromatic nitrogens is 1. The van der Waals surface area contributed by atoms with Gasteiger partial charge in [0.05, 0.1) is 0 Å². The van der Waals surface area contributed by atoms with E-state index in [0.29, 0.717) is 0 Å². The van der Waals surface area contributed by atoms with Crippen LogP contribution in [0.3, 0.4) is 0 Å². The van der Waals surface area contributed by atoms with E-state index in [2.05, 4.69) is 32.3 Å². The van der Waals surface area contributed by atoms with Crippen molar-refractivity contribution in [2.24, 2.45) is 0 Å². The van der Waals surface area contributed by atoms with Gasteiger partial charge in [0.15, 0.2) is 0 Å². The number of hydrogen-bond donors (Lipinski definition) is 1. The van der Waals surface area contributed by atoms with Crippen LogP contribution in [-0.4, -0.2) is 20.9 Å². The molecule has 0 aliphatic carbocycles. The van der Waals surface area contributed by atoms with Crippen LogP contribution in [0, 0.1) is 3.57 Å². The van der Waals surface area contributed by atoms with Gasteiger partial charge in [0.25, 0.3) is 0 Å². The Bertz CT molecular complexity index is 556. The number of anilines is 1. The third-order valence-electron chi connectivity index (χ3n) is 2.62. The molecule has 0 fully saturated rings. The molecule has 1 aromatic carbocycles. The molecule has 2 aromatic rings. The Balaban J connectivity index is 1.85. The van der Waals surface area contributed by atoms with Crippen molar-refractivity contribution < 1.29 is 9.53 Å². The molecule has 5 heteroatoms. The number of rotatable bonds is 4. The molecule has 0 aliphatic heterocycles. The summed E-state index contributed by atoms with van der Waals surface area (Å²) in [7, 11) is 0. The number of pyridine rings is 1. The molecule has 0 aliphatic rings. The number of nitrogens with zero attached hydrogens (tertiary/aromatic N) is 1. The predicted octanol–water partition coefficient (Wildman–Crippen LogP) is 3.77. The molecule has 0 bridgehead atoms. The first-order chi connectivity index (χ1) is 9.65. The molecule has 0 spiro atoms. The van der Waals surface area contributed by atoms with E-state index in [1.165, 1.54) is 3.57 Å². The number of carbonyl (C=O) groups is 1. The van der Waals surface area contributed by atoms with Crippen molar-refractivity contribution in [3.63, 3.8) is 0 Å². The van der Waals surface area contributed by atoms with E-state index in [1.807, 2.05) is 24.3 Å². The number of carbonyl (C=O) groups excluding carboxylic acids is 1. The van der Waals surface area contributed by atoms with Gasteiger partial charge < -0.3 is 0 Å². The van der Waals surface area contributed by atoms with E-state index in [0.717, 1.165) is 11.3 Å². The van der Waals surface area contributed by atoms with Crippen molar-refractivity contribution in [1.29, 1.82) is 0 Å². The van der Waals surface area contributed by atoms with Crippen LogP contribution in [-0.2, 0) is 11.3 Å². The Morgan fingerprint density at radius 2 is 2.00 bits per heavy atom. The fraction of sp³-hybridized carbons (Fsp3) is 0.200. The predicted molar refractivity (Wildman–Crippen MR) is 89.1 cm³/mol. The summed E-state index contributed by atoms with van der Waals surface area (Å²) >= 11 is -0.952. The molecule has 1 aromatic heterocycles. The summed E-state index contributed by atoms with van der Waals surface area (Å²) in [4.78, 5) is 20.2. The molecule has 20 heavy (non-hydrogen) atoms. The minimum absolute atomic E-state index is 0.220. The van der Waals surface area contributed by atoms with Crippen LogP contribution in [0.15, 0.2) is 48.8 Å². The number of alkyl halides is 2. The van der Waals surface area contributed by atoms with E-state index in [4.69, 9.17) is 4.74 Å². The zero-order valence-corrected chi connectivity index (χ0v) is 13.6. The second-order valence-corrected chi connectivity index (χ2v) is 9.89. The van der Waals surface area contributed by atoms with Crippen molar-refractivity contribution in [3.05, 3.63) is 57.9 Å². The summed E-state index contributed by atoms with van der Waals surface area (Å²) in [6.45, 7) is 0.220. The Hall–Kier alpha value is -1.63. The minimum atomic E-state index is -0.952. The van der Waals surface area contributed by atoms with Gasteiger partial charge in [-0.1, -0.05) is 0 Å². The second-order valence-electron chi connectivity index (χ2n) is 4.33. The van der Waals surface area contributed by atoms with Crippen LogP contribution >= 0.6 is 19.8 Å². The fourth-order valence-electron chi connectivity index (χ4n) is 1.57. The number of amides is 1. The van der Waals surface area contributed by atoms with Crippen LogP contribution in [0.1, 0.15) is 5.56 Å². The number of ether oxygens (including phenoxy) is 1. The van der Waals surface area contributed by atoms with E-state index in [-0.39, 0.29) is 6.61 Å². The normalized spacial score (nSPS) is 10.8. The maximum absolute atomic E-state index is 11.7. The van der Waals surface area contributed by atoms with Crippen LogP contribution in [0.2, 0.25) is 0 Å². The molecule has 0 saturated carbocycles. The maximum atomic E-state index is 11.7. The van der Waals surface area contributed by atoms with Crippen molar-refractivity contribution in [1.82, 2.24) is 4.98 Å². The summed E-state index contributed by atoms with van der Waals surface area (Å²) < 4.78 is 6.52. The monoisotopic (exact) mass is 384 g/mol. The van der Waals surface area contributed by atoms with Crippen molar-refractivity contribution in [3.8, 4) is 0 Å². The number of nitrogens with one attached hydrogen (secondary N) is 1. The molecule has 4 nitrogen and oxygen atoms in total. The Morgan fingerprint density at radius 1 is 1.25 bits per heavy atom. The molecule has 1 heterocycles. The summed E-state index contributed by atoms with van der Waals surface area (Å²) in [5, 5.41) is 2.71. The van der Waals surface area contributed by atoms with Gasteiger partial charge in [0, 0.05) is 0 Å². The topological polar surface area (TPSA) is 51.2 Å². The number of benzene rings is 1. The molecular weight excluding hydrogens is 367 g/mol. The summed E-state index contributed by atoms with van der Waals surface area (Å²) in [5.41, 5.74) is 1.62. The summed E-state index contributed by atoms with van der Waals surface area (Å²) in [6.07, 6.45) is 2.91. The van der Waals surface area contributed by atoms with Crippen molar-refractivity contribution in [2.75, 3.05) is 15.2 Å². The van der Waals surface area contributed by atoms with Gasteiger partial charge in [0.2, 0.25) is 0 Å². The van der Waals surface area contributed by atoms with Gasteiger partial charge >= 0.3 is 126 Å². The Labute approximate surface area is 126 Å². The molecule has 0 radical (unpaired) electrons. The van der Waals surface area contributed by atoms with Gasteiger partial charge in [-0.2, -0.15) is 0 Å². The van der Waals surface area contributed by atoms with E-state index >= 15 is 0 Å². The van der Waals surface area contributed by atoms with Crippen LogP contribution < -0.4 is 5.32 Å². The van der Waals surface area contributed by atoms with E-state index in [9.17, 15) is 4.79 Å². The fourth-order valence-corrected chi connectivity index (χ4v) is 3.37. The average Bonchev–Trinajstić information content (AvgIpc) is 2.47. The summed E-state index contributed by atoms with van der Waals surface area (Å²) in [5.74, 6) is 0. The van der Waals surface area contributed by atoms with Crippen molar-refractivity contribution >= 4 is 31.6 Å². The van der Waals surface area contributed by atoms with E-state index in [1.54, 1.807) is 12.4 Å². The van der Waals surface area contributed by atoms with Gasteiger partial charge in [-0.25, -0.2) is 0 Å². The van der Waals surface area contributed by atoms with E-state index < -0.39 is 25.9 Å². The molecule has 0 atom stereocenters. The second kappa shape index (κ2) is 7.23. The number of hydrogen-bond acceptors (Lipinski definition) is 3. The molecule has 1 amide bonds. The molecular formula is C15H17IN2O2. The third-order valence-corrected chi connectivity index (χ3v) is 5.83. The van der Waals surface area contributed by atoms with Crippen LogP contribution in [0.25, 0.3) is 0 Å². The third kappa shape index (κ3) is 4.48. The number of halogens is 1. The summed E-state index contributed by atoms with van der Waals surface area (Å²) in [6, 6.07) is 11.6. The molecule has 0 saturated heterocycles. The first kappa shape index (κ1) is 14.8. The SMILES string of the molecule is CI(C)c1ccc(NC(=O)OCc2cccnc2)cc1. The molecule has 2 rings (SSSR count). The molecule has 1 N–H and O–H groups in total. The quantitative estimate of drug-likeness (QED) is 0.645. The first-order valence-corrected chi connectivity index (χ1v) is 11.5. The van der Waals surface area contributed by atoms with Crippen LogP contribution in [0.4, 0.5) is 10.5 Å². The first-order valence-electron chi connectivity index (χ1n) is 6.08. The van der Waals surface area contributed by atoms with Gasteiger partial charge in [-0.3, -0.25) is 0 Å². The van der Waals surface area contributed by atoms with Crippen molar-refractivity contribution in [2.45, 2.75) is 6.61 Å². The van der Waals surface area contributed by atoms with Crippen LogP contribution in [0.5, 0.6) is 0 Å². The Kier molecular flexibility index (Phi) is 5.34. The van der Waals surface area contributed by atoms with Gasteiger partial charge in [-0.05, 0) is 0 Å². The zero-order valence-electron chi connectivity index (χ0n) is 11.5. The molecule has 0 unspecified atom stereocenters. The zero-order chi connectivity index (χ0) is 14.4. The molecule has 106 valence electrons. The van der Waals surface area contributed by atoms with Gasteiger partial charge in [0.1, 0.15) is 0 Å². The standard InChI is InChI=1S/C15H17IN2O2/c1-16(2)13-5-7-14(8-6-13)18-15(19)20-11-12-4-3-9-17-10-12/h3-10H,11H2,1-2H3,(H,18,19). The Morgan fingerprint density at radius 3 is 2.60 bits per heavy atom. The van der Waals surface area contributed by atoms with Gasteiger partial charge in [-0.15, -0.1) is 0 Å².